The zero-order valence-corrected chi connectivity index (χ0v) is 12.7. The third kappa shape index (κ3) is 6.60. The lowest BCUT2D eigenvalue weighted by Crippen LogP contribution is -2.30. The van der Waals surface area contributed by atoms with Crippen LogP contribution in [0.25, 0.3) is 0 Å². The van der Waals surface area contributed by atoms with Crippen molar-refractivity contribution in [2.45, 2.75) is 52.2 Å². The molecule has 0 aromatic heterocycles. The summed E-state index contributed by atoms with van der Waals surface area (Å²) in [4.78, 5) is 0. The second-order valence-electron chi connectivity index (χ2n) is 6.24. The normalized spacial score (nSPS) is 13.6. The van der Waals surface area contributed by atoms with Gasteiger partial charge in [-0.1, -0.05) is 26.0 Å². The van der Waals surface area contributed by atoms with Gasteiger partial charge in [0.15, 0.2) is 0 Å². The van der Waals surface area contributed by atoms with Crippen LogP contribution < -0.4 is 5.32 Å². The first-order valence-corrected chi connectivity index (χ1v) is 6.94. The first-order chi connectivity index (χ1) is 8.78. The molecular weight excluding hydrogens is 238 g/mol. The summed E-state index contributed by atoms with van der Waals surface area (Å²) in [5, 5.41) is 13.1. The Kier molecular flexibility index (Phi) is 5.83. The fourth-order valence-electron chi connectivity index (χ4n) is 1.65. The summed E-state index contributed by atoms with van der Waals surface area (Å²) >= 11 is 0. The second-order valence-corrected chi connectivity index (χ2v) is 6.24. The molecule has 19 heavy (non-hydrogen) atoms. The number of aliphatic hydroxyl groups excluding tert-OH is 1. The highest BCUT2D eigenvalue weighted by molar-refractivity contribution is 5.46. The highest BCUT2D eigenvalue weighted by Crippen LogP contribution is 2.18. The lowest BCUT2D eigenvalue weighted by atomic mass is 10.0. The number of hydrogen-bond donors (Lipinski definition) is 2. The van der Waals surface area contributed by atoms with Crippen LogP contribution in [0.2, 0.25) is 0 Å². The minimum Gasteiger partial charge on any atom is -0.389 e. The Morgan fingerprint density at radius 1 is 1.26 bits per heavy atom. The fraction of sp³-hybridized carbons (Fsp3) is 0.625. The molecule has 1 unspecified atom stereocenters. The molecule has 0 bridgehead atoms. The monoisotopic (exact) mass is 265 g/mol. The van der Waals surface area contributed by atoms with Crippen LogP contribution in [0.15, 0.2) is 24.3 Å². The minimum absolute atomic E-state index is 0.210. The van der Waals surface area contributed by atoms with E-state index in [0.29, 0.717) is 19.1 Å². The molecule has 3 nitrogen and oxygen atoms in total. The van der Waals surface area contributed by atoms with Crippen molar-refractivity contribution >= 4 is 5.69 Å². The number of rotatable bonds is 6. The van der Waals surface area contributed by atoms with Gasteiger partial charge in [-0.25, -0.2) is 0 Å². The molecule has 0 heterocycles. The molecule has 0 saturated heterocycles. The molecule has 1 aromatic carbocycles. The van der Waals surface area contributed by atoms with E-state index in [-0.39, 0.29) is 5.60 Å². The van der Waals surface area contributed by atoms with Gasteiger partial charge in [0.2, 0.25) is 0 Å². The molecule has 0 saturated carbocycles. The van der Waals surface area contributed by atoms with Crippen molar-refractivity contribution in [2.75, 3.05) is 18.5 Å². The van der Waals surface area contributed by atoms with Gasteiger partial charge in [-0.15, -0.1) is 0 Å². The number of aliphatic hydroxyl groups is 1. The van der Waals surface area contributed by atoms with Crippen molar-refractivity contribution in [1.29, 1.82) is 0 Å². The van der Waals surface area contributed by atoms with Crippen molar-refractivity contribution in [3.05, 3.63) is 29.8 Å². The lowest BCUT2D eigenvalue weighted by molar-refractivity contribution is -0.0449. The van der Waals surface area contributed by atoms with E-state index in [1.165, 1.54) is 5.56 Å². The van der Waals surface area contributed by atoms with Crippen molar-refractivity contribution in [3.63, 3.8) is 0 Å². The number of hydrogen-bond acceptors (Lipinski definition) is 3. The molecule has 1 atom stereocenters. The van der Waals surface area contributed by atoms with Crippen LogP contribution in [0.5, 0.6) is 0 Å². The van der Waals surface area contributed by atoms with Crippen LogP contribution in [-0.4, -0.2) is 30.0 Å². The summed E-state index contributed by atoms with van der Waals surface area (Å²) in [6, 6.07) is 8.30. The third-order valence-corrected chi connectivity index (χ3v) is 2.80. The minimum atomic E-state index is -0.498. The summed E-state index contributed by atoms with van der Waals surface area (Å²) in [6.07, 6.45) is -0.498. The Hall–Kier alpha value is -1.06. The van der Waals surface area contributed by atoms with E-state index in [9.17, 15) is 5.11 Å². The van der Waals surface area contributed by atoms with E-state index in [1.807, 2.05) is 32.9 Å². The van der Waals surface area contributed by atoms with E-state index >= 15 is 0 Å². The van der Waals surface area contributed by atoms with Gasteiger partial charge in [-0.3, -0.25) is 0 Å². The van der Waals surface area contributed by atoms with Crippen LogP contribution in [0.4, 0.5) is 5.69 Å². The molecule has 0 radical (unpaired) electrons. The highest BCUT2D eigenvalue weighted by atomic mass is 16.5. The van der Waals surface area contributed by atoms with Crippen molar-refractivity contribution in [3.8, 4) is 0 Å². The average molecular weight is 265 g/mol. The number of ether oxygens (including phenoxy) is 1. The van der Waals surface area contributed by atoms with Crippen LogP contribution >= 0.6 is 0 Å². The van der Waals surface area contributed by atoms with E-state index in [4.69, 9.17) is 4.74 Å². The molecule has 3 heteroatoms. The van der Waals surface area contributed by atoms with Gasteiger partial charge >= 0.3 is 0 Å². The Balaban J connectivity index is 2.41. The predicted octanol–water partition coefficient (Wildman–Crippen LogP) is 3.40. The van der Waals surface area contributed by atoms with Gasteiger partial charge in [0.25, 0.3) is 0 Å². The van der Waals surface area contributed by atoms with Gasteiger partial charge in [0.1, 0.15) is 0 Å². The topological polar surface area (TPSA) is 41.5 Å². The quantitative estimate of drug-likeness (QED) is 0.828. The second kappa shape index (κ2) is 6.92. The van der Waals surface area contributed by atoms with Gasteiger partial charge in [-0.2, -0.15) is 0 Å². The summed E-state index contributed by atoms with van der Waals surface area (Å²) in [6.45, 7) is 11.1. The lowest BCUT2D eigenvalue weighted by Gasteiger charge is -2.22. The Labute approximate surface area is 117 Å². The first-order valence-electron chi connectivity index (χ1n) is 6.94. The van der Waals surface area contributed by atoms with Crippen molar-refractivity contribution < 1.29 is 9.84 Å². The maximum absolute atomic E-state index is 9.86. The molecule has 108 valence electrons. The molecule has 0 aliphatic heterocycles. The largest absolute Gasteiger partial charge is 0.389 e. The summed E-state index contributed by atoms with van der Waals surface area (Å²) in [5.74, 6) is 0.510. The van der Waals surface area contributed by atoms with E-state index in [1.54, 1.807) is 0 Å². The Morgan fingerprint density at radius 2 is 1.95 bits per heavy atom. The van der Waals surface area contributed by atoms with E-state index in [2.05, 4.69) is 31.3 Å². The molecule has 2 N–H and O–H groups in total. The maximum Gasteiger partial charge on any atom is 0.0945 e. The maximum atomic E-state index is 9.86. The molecule has 0 fully saturated rings. The third-order valence-electron chi connectivity index (χ3n) is 2.80. The SMILES string of the molecule is CC(C)c1cccc(NCC(O)COC(C)(C)C)c1. The molecule has 0 amide bonds. The number of anilines is 1. The fourth-order valence-corrected chi connectivity index (χ4v) is 1.65. The van der Waals surface area contributed by atoms with E-state index < -0.39 is 6.10 Å². The molecule has 1 rings (SSSR count). The molecule has 0 spiro atoms. The zero-order chi connectivity index (χ0) is 14.5. The summed E-state index contributed by atoms with van der Waals surface area (Å²) < 4.78 is 5.55. The van der Waals surface area contributed by atoms with Crippen molar-refractivity contribution in [1.82, 2.24) is 0 Å². The Bertz CT molecular complexity index is 383. The van der Waals surface area contributed by atoms with Gasteiger partial charge < -0.3 is 15.2 Å². The predicted molar refractivity (Wildman–Crippen MR) is 80.7 cm³/mol. The van der Waals surface area contributed by atoms with E-state index in [0.717, 1.165) is 5.69 Å². The molecular formula is C16H27NO2. The van der Waals surface area contributed by atoms with Gasteiger partial charge in [0, 0.05) is 12.2 Å². The summed E-state index contributed by atoms with van der Waals surface area (Å²) in [7, 11) is 0. The van der Waals surface area contributed by atoms with Crippen LogP contribution in [-0.2, 0) is 4.74 Å². The molecule has 0 aliphatic rings. The van der Waals surface area contributed by atoms with Crippen LogP contribution in [0.3, 0.4) is 0 Å². The first kappa shape index (κ1) is 16.0. The molecule has 1 aromatic rings. The van der Waals surface area contributed by atoms with Gasteiger partial charge in [0.05, 0.1) is 18.3 Å². The average Bonchev–Trinajstić information content (AvgIpc) is 2.33. The summed E-state index contributed by atoms with van der Waals surface area (Å²) in [5.41, 5.74) is 2.13. The van der Waals surface area contributed by atoms with Crippen LogP contribution in [0, 0.1) is 0 Å². The highest BCUT2D eigenvalue weighted by Gasteiger charge is 2.13. The smallest absolute Gasteiger partial charge is 0.0945 e. The number of nitrogens with one attached hydrogen (secondary N) is 1. The van der Waals surface area contributed by atoms with Crippen LogP contribution in [0.1, 0.15) is 46.1 Å². The zero-order valence-electron chi connectivity index (χ0n) is 12.7. The standard InChI is InChI=1S/C16H27NO2/c1-12(2)13-7-6-8-14(9-13)17-10-15(18)11-19-16(3,4)5/h6-9,12,15,17-18H,10-11H2,1-5H3. The number of benzene rings is 1. The van der Waals surface area contributed by atoms with Gasteiger partial charge in [-0.05, 0) is 44.4 Å². The van der Waals surface area contributed by atoms with Crippen molar-refractivity contribution in [2.24, 2.45) is 0 Å². The Morgan fingerprint density at radius 3 is 2.53 bits per heavy atom. The molecule has 0 aliphatic carbocycles.